The number of imide groups is 1. The average Bonchev–Trinajstić information content (AvgIpc) is 3.44. The maximum absolute atomic E-state index is 13.1. The van der Waals surface area contributed by atoms with Gasteiger partial charge in [0.25, 0.3) is 11.1 Å². The number of methoxy groups -OCH3 is 1. The summed E-state index contributed by atoms with van der Waals surface area (Å²) in [6.45, 7) is -0.0147. The zero-order valence-electron chi connectivity index (χ0n) is 19.8. The second-order valence-electron chi connectivity index (χ2n) is 8.09. The molecule has 0 radical (unpaired) electrons. The molecule has 3 aromatic carbocycles. The molecule has 0 saturated carbocycles. The molecule has 2 aliphatic rings. The van der Waals surface area contributed by atoms with Crippen LogP contribution in [0.25, 0.3) is 6.08 Å². The van der Waals surface area contributed by atoms with Crippen LogP contribution in [-0.2, 0) is 21.5 Å². The van der Waals surface area contributed by atoms with Crippen LogP contribution in [0, 0.1) is 0 Å². The minimum atomic E-state index is -4.26. The summed E-state index contributed by atoms with van der Waals surface area (Å²) in [5.74, 6) is 0.171. The van der Waals surface area contributed by atoms with E-state index in [0.717, 1.165) is 16.7 Å². The monoisotopic (exact) mass is 627 g/mol. The van der Waals surface area contributed by atoms with E-state index < -0.39 is 21.3 Å². The Balaban J connectivity index is 1.39. The number of amides is 2. The molecule has 0 spiro atoms. The average molecular weight is 629 g/mol. The fourth-order valence-corrected chi connectivity index (χ4v) is 6.14. The molecular weight excluding hydrogens is 613 g/mol. The Kier molecular flexibility index (Phi) is 7.62. The summed E-state index contributed by atoms with van der Waals surface area (Å²) in [7, 11) is -2.95. The third kappa shape index (κ3) is 5.64. The highest BCUT2D eigenvalue weighted by molar-refractivity contribution is 8.18. The Bertz CT molecular complexity index is 1640. The van der Waals surface area contributed by atoms with Crippen molar-refractivity contribution in [1.82, 2.24) is 4.90 Å². The standard InChI is InChI=1S/C25H16Cl3NO8S2/c1-34-21-7-13(6-18(28)23(21)37-39(32,33)16-4-2-15(26)3-5-16)8-22-24(30)29(25(31)38-22)11-14-9-19-20(10-17(14)27)36-12-35-19/h2-10H,11-12H2,1H3/b22-8-. The number of fused-ring (bicyclic) bond motifs is 1. The Morgan fingerprint density at radius 3 is 2.38 bits per heavy atom. The van der Waals surface area contributed by atoms with E-state index >= 15 is 0 Å². The third-order valence-corrected chi connectivity index (χ3v) is 8.62. The summed E-state index contributed by atoms with van der Waals surface area (Å²) in [5.41, 5.74) is 0.886. The fourth-order valence-electron chi connectivity index (χ4n) is 3.70. The number of halogens is 3. The van der Waals surface area contributed by atoms with E-state index in [1.807, 2.05) is 0 Å². The van der Waals surface area contributed by atoms with Gasteiger partial charge in [-0.1, -0.05) is 34.8 Å². The number of thioether (sulfide) groups is 1. The van der Waals surface area contributed by atoms with Crippen LogP contribution in [0.1, 0.15) is 11.1 Å². The lowest BCUT2D eigenvalue weighted by atomic mass is 10.1. The van der Waals surface area contributed by atoms with E-state index in [9.17, 15) is 18.0 Å². The van der Waals surface area contributed by atoms with Crippen molar-refractivity contribution in [3.8, 4) is 23.0 Å². The molecular formula is C25H16Cl3NO8S2. The van der Waals surface area contributed by atoms with Crippen LogP contribution < -0.4 is 18.4 Å². The van der Waals surface area contributed by atoms with Crippen molar-refractivity contribution in [2.24, 2.45) is 0 Å². The van der Waals surface area contributed by atoms with Crippen molar-refractivity contribution < 1.29 is 36.4 Å². The molecule has 0 bridgehead atoms. The number of hydrogen-bond donors (Lipinski definition) is 0. The molecule has 3 aromatic rings. The summed E-state index contributed by atoms with van der Waals surface area (Å²) < 4.78 is 46.7. The summed E-state index contributed by atoms with van der Waals surface area (Å²) in [6, 6.07) is 11.4. The van der Waals surface area contributed by atoms with Gasteiger partial charge in [0.05, 0.1) is 23.6 Å². The highest BCUT2D eigenvalue weighted by Gasteiger charge is 2.36. The van der Waals surface area contributed by atoms with E-state index in [1.54, 1.807) is 12.1 Å². The zero-order valence-corrected chi connectivity index (χ0v) is 23.7. The van der Waals surface area contributed by atoms with Crippen molar-refractivity contribution in [3.05, 3.63) is 79.6 Å². The molecule has 9 nitrogen and oxygen atoms in total. The molecule has 5 rings (SSSR count). The van der Waals surface area contributed by atoms with Crippen LogP contribution in [0.5, 0.6) is 23.0 Å². The van der Waals surface area contributed by atoms with E-state index in [0.29, 0.717) is 32.7 Å². The van der Waals surface area contributed by atoms with Gasteiger partial charge in [-0.15, -0.1) is 0 Å². The molecule has 14 heteroatoms. The predicted octanol–water partition coefficient (Wildman–Crippen LogP) is 6.39. The topological polar surface area (TPSA) is 108 Å². The maximum atomic E-state index is 13.1. The molecule has 2 amide bonds. The number of carbonyl (C=O) groups excluding carboxylic acids is 2. The maximum Gasteiger partial charge on any atom is 0.339 e. The minimum Gasteiger partial charge on any atom is -0.493 e. The lowest BCUT2D eigenvalue weighted by Crippen LogP contribution is -2.27. The van der Waals surface area contributed by atoms with Crippen molar-refractivity contribution >= 4 is 73.9 Å². The van der Waals surface area contributed by atoms with Gasteiger partial charge in [0.2, 0.25) is 12.5 Å². The molecule has 0 aromatic heterocycles. The molecule has 0 aliphatic carbocycles. The first-order chi connectivity index (χ1) is 18.6. The first-order valence-corrected chi connectivity index (χ1v) is 14.3. The van der Waals surface area contributed by atoms with Gasteiger partial charge in [0, 0.05) is 16.1 Å². The highest BCUT2D eigenvalue weighted by atomic mass is 35.5. The number of rotatable bonds is 7. The molecule has 0 atom stereocenters. The second-order valence-corrected chi connectivity index (χ2v) is 11.9. The van der Waals surface area contributed by atoms with Crippen LogP contribution in [-0.4, -0.2) is 38.4 Å². The van der Waals surface area contributed by atoms with Gasteiger partial charge in [0.1, 0.15) is 4.90 Å². The van der Waals surface area contributed by atoms with Gasteiger partial charge in [0.15, 0.2) is 17.2 Å². The lowest BCUT2D eigenvalue weighted by Gasteiger charge is -2.14. The highest BCUT2D eigenvalue weighted by Crippen LogP contribution is 2.42. The first kappa shape index (κ1) is 27.5. The Morgan fingerprint density at radius 2 is 1.69 bits per heavy atom. The van der Waals surface area contributed by atoms with Gasteiger partial charge in [-0.2, -0.15) is 8.42 Å². The Labute approximate surface area is 242 Å². The zero-order chi connectivity index (χ0) is 27.9. The molecule has 0 N–H and O–H groups in total. The van der Waals surface area contributed by atoms with Crippen molar-refractivity contribution in [2.75, 3.05) is 13.9 Å². The SMILES string of the molecule is COc1cc(/C=C2\SC(=O)N(Cc3cc4c(cc3Cl)OCO4)C2=O)cc(Cl)c1OS(=O)(=O)c1ccc(Cl)cc1. The van der Waals surface area contributed by atoms with Crippen LogP contribution in [0.3, 0.4) is 0 Å². The molecule has 1 fully saturated rings. The normalized spacial score (nSPS) is 15.8. The van der Waals surface area contributed by atoms with E-state index in [2.05, 4.69) is 0 Å². The van der Waals surface area contributed by atoms with E-state index in [1.165, 1.54) is 49.6 Å². The molecule has 202 valence electrons. The van der Waals surface area contributed by atoms with Crippen molar-refractivity contribution in [2.45, 2.75) is 11.4 Å². The summed E-state index contributed by atoms with van der Waals surface area (Å²) in [6.07, 6.45) is 1.44. The number of carbonyl (C=O) groups is 2. The van der Waals surface area contributed by atoms with Gasteiger partial charge in [-0.05, 0) is 71.4 Å². The Morgan fingerprint density at radius 1 is 1.00 bits per heavy atom. The largest absolute Gasteiger partial charge is 0.493 e. The molecule has 0 unspecified atom stereocenters. The predicted molar refractivity (Wildman–Crippen MR) is 146 cm³/mol. The fraction of sp³-hybridized carbons (Fsp3) is 0.120. The van der Waals surface area contributed by atoms with Crippen LogP contribution in [0.2, 0.25) is 15.1 Å². The number of nitrogens with zero attached hydrogens (tertiary/aromatic N) is 1. The van der Waals surface area contributed by atoms with Crippen LogP contribution >= 0.6 is 46.6 Å². The van der Waals surface area contributed by atoms with Crippen LogP contribution in [0.4, 0.5) is 4.79 Å². The number of benzene rings is 3. The molecule has 1 saturated heterocycles. The van der Waals surface area contributed by atoms with Gasteiger partial charge >= 0.3 is 10.1 Å². The third-order valence-electron chi connectivity index (χ3n) is 5.59. The molecule has 2 heterocycles. The first-order valence-electron chi connectivity index (χ1n) is 11.0. The lowest BCUT2D eigenvalue weighted by molar-refractivity contribution is -0.123. The number of ether oxygens (including phenoxy) is 3. The molecule has 39 heavy (non-hydrogen) atoms. The summed E-state index contributed by atoms with van der Waals surface area (Å²) in [5, 5.41) is 0.0943. The summed E-state index contributed by atoms with van der Waals surface area (Å²) in [4.78, 5) is 26.8. The quantitative estimate of drug-likeness (QED) is 0.217. The van der Waals surface area contributed by atoms with E-state index in [-0.39, 0.29) is 39.7 Å². The van der Waals surface area contributed by atoms with Crippen molar-refractivity contribution in [1.29, 1.82) is 0 Å². The van der Waals surface area contributed by atoms with Gasteiger partial charge in [-0.25, -0.2) is 0 Å². The minimum absolute atomic E-state index is 0.00217. The smallest absolute Gasteiger partial charge is 0.339 e. The Hall–Kier alpha value is -3.09. The van der Waals surface area contributed by atoms with Gasteiger partial charge in [-0.3, -0.25) is 14.5 Å². The molecule has 2 aliphatic heterocycles. The van der Waals surface area contributed by atoms with Crippen molar-refractivity contribution in [3.63, 3.8) is 0 Å². The second kappa shape index (κ2) is 10.8. The van der Waals surface area contributed by atoms with Crippen LogP contribution in [0.15, 0.2) is 58.3 Å². The van der Waals surface area contributed by atoms with Gasteiger partial charge < -0.3 is 18.4 Å². The van der Waals surface area contributed by atoms with E-state index in [4.69, 9.17) is 53.2 Å². The summed E-state index contributed by atoms with van der Waals surface area (Å²) >= 11 is 19.2. The number of hydrogen-bond acceptors (Lipinski definition) is 9.